The maximum absolute atomic E-state index is 13.1. The quantitative estimate of drug-likeness (QED) is 0.771. The molecule has 126 valence electrons. The lowest BCUT2D eigenvalue weighted by atomic mass is 9.92. The van der Waals surface area contributed by atoms with Crippen molar-refractivity contribution < 1.29 is 4.79 Å². The van der Waals surface area contributed by atoms with Crippen molar-refractivity contribution in [3.05, 3.63) is 52.3 Å². The monoisotopic (exact) mass is 342 g/mol. The van der Waals surface area contributed by atoms with Crippen molar-refractivity contribution in [2.75, 3.05) is 6.54 Å². The third-order valence-electron chi connectivity index (χ3n) is 5.48. The first-order valence-corrected chi connectivity index (χ1v) is 9.30. The fraction of sp³-hybridized carbons (Fsp3) is 0.450. The van der Waals surface area contributed by atoms with Crippen LogP contribution in [0.3, 0.4) is 0 Å². The molecule has 0 saturated heterocycles. The van der Waals surface area contributed by atoms with Gasteiger partial charge in [0, 0.05) is 41.6 Å². The molecule has 0 atom stereocenters. The van der Waals surface area contributed by atoms with Crippen LogP contribution in [0.25, 0.3) is 5.69 Å². The summed E-state index contributed by atoms with van der Waals surface area (Å²) >= 11 is 6.01. The van der Waals surface area contributed by atoms with Crippen molar-refractivity contribution in [2.24, 2.45) is 0 Å². The molecule has 1 aromatic carbocycles. The minimum Gasteiger partial charge on any atom is -0.335 e. The van der Waals surface area contributed by atoms with Crippen LogP contribution in [-0.4, -0.2) is 28.0 Å². The summed E-state index contributed by atoms with van der Waals surface area (Å²) in [5.74, 6) is 0.230. The second kappa shape index (κ2) is 6.29. The number of carbonyl (C=O) groups is 1. The summed E-state index contributed by atoms with van der Waals surface area (Å²) in [5, 5.41) is 0.732. The van der Waals surface area contributed by atoms with Crippen molar-refractivity contribution in [1.82, 2.24) is 9.47 Å². The number of hydrogen-bond acceptors (Lipinski definition) is 1. The molecule has 4 heteroatoms. The number of fused-ring (bicyclic) bond motifs is 1. The SMILES string of the molecule is Cc1cn(-c2ccc(Cl)cc2)c2c1C(=O)N(C1CCCCC1)CC2. The third kappa shape index (κ3) is 2.65. The van der Waals surface area contributed by atoms with E-state index in [-0.39, 0.29) is 5.91 Å². The molecule has 1 aliphatic heterocycles. The number of aryl methyl sites for hydroxylation is 1. The smallest absolute Gasteiger partial charge is 0.256 e. The van der Waals surface area contributed by atoms with Crippen molar-refractivity contribution in [2.45, 2.75) is 51.5 Å². The maximum atomic E-state index is 13.1. The fourth-order valence-electron chi connectivity index (χ4n) is 4.27. The average molecular weight is 343 g/mol. The van der Waals surface area contributed by atoms with E-state index < -0.39 is 0 Å². The Balaban J connectivity index is 1.69. The summed E-state index contributed by atoms with van der Waals surface area (Å²) in [6.07, 6.45) is 9.17. The van der Waals surface area contributed by atoms with Crippen LogP contribution in [0.1, 0.15) is 53.7 Å². The Bertz CT molecular complexity index is 757. The molecule has 0 N–H and O–H groups in total. The highest BCUT2D eigenvalue weighted by atomic mass is 35.5. The summed E-state index contributed by atoms with van der Waals surface area (Å²) in [7, 11) is 0. The van der Waals surface area contributed by atoms with Crippen LogP contribution < -0.4 is 0 Å². The lowest BCUT2D eigenvalue weighted by molar-refractivity contribution is 0.0613. The van der Waals surface area contributed by atoms with Gasteiger partial charge in [-0.2, -0.15) is 0 Å². The van der Waals surface area contributed by atoms with Gasteiger partial charge < -0.3 is 9.47 Å². The molecule has 2 aromatic rings. The largest absolute Gasteiger partial charge is 0.335 e. The van der Waals surface area contributed by atoms with E-state index in [9.17, 15) is 4.79 Å². The molecule has 1 saturated carbocycles. The van der Waals surface area contributed by atoms with Crippen LogP contribution in [-0.2, 0) is 6.42 Å². The van der Waals surface area contributed by atoms with Gasteiger partial charge in [-0.15, -0.1) is 0 Å². The number of halogens is 1. The highest BCUT2D eigenvalue weighted by molar-refractivity contribution is 6.30. The molecule has 24 heavy (non-hydrogen) atoms. The van der Waals surface area contributed by atoms with E-state index in [1.165, 1.54) is 19.3 Å². The van der Waals surface area contributed by atoms with E-state index in [4.69, 9.17) is 11.6 Å². The van der Waals surface area contributed by atoms with E-state index in [1.54, 1.807) is 0 Å². The molecule has 1 amide bonds. The number of carbonyl (C=O) groups excluding carboxylic acids is 1. The molecule has 0 bridgehead atoms. The minimum atomic E-state index is 0.230. The molecule has 4 rings (SSSR count). The molecule has 1 fully saturated rings. The van der Waals surface area contributed by atoms with E-state index >= 15 is 0 Å². The van der Waals surface area contributed by atoms with Crippen molar-refractivity contribution in [3.8, 4) is 5.69 Å². The molecule has 2 aliphatic rings. The van der Waals surface area contributed by atoms with Gasteiger partial charge in [0.2, 0.25) is 0 Å². The zero-order valence-corrected chi connectivity index (χ0v) is 14.9. The Morgan fingerprint density at radius 3 is 2.50 bits per heavy atom. The molecule has 1 aliphatic carbocycles. The van der Waals surface area contributed by atoms with E-state index in [1.807, 2.05) is 31.2 Å². The molecule has 1 aromatic heterocycles. The maximum Gasteiger partial charge on any atom is 0.256 e. The first kappa shape index (κ1) is 15.8. The van der Waals surface area contributed by atoms with Crippen LogP contribution in [0.2, 0.25) is 5.02 Å². The molecule has 2 heterocycles. The predicted molar refractivity (Wildman–Crippen MR) is 97.1 cm³/mol. The van der Waals surface area contributed by atoms with Crippen LogP contribution >= 0.6 is 11.6 Å². The number of aromatic nitrogens is 1. The van der Waals surface area contributed by atoms with E-state index in [0.29, 0.717) is 6.04 Å². The van der Waals surface area contributed by atoms with Gasteiger partial charge >= 0.3 is 0 Å². The lowest BCUT2D eigenvalue weighted by Crippen LogP contribution is -2.45. The minimum absolute atomic E-state index is 0.230. The summed E-state index contributed by atoms with van der Waals surface area (Å²) in [5.41, 5.74) is 4.21. The van der Waals surface area contributed by atoms with Gasteiger partial charge in [0.15, 0.2) is 0 Å². The number of nitrogens with zero attached hydrogens (tertiary/aromatic N) is 2. The number of rotatable bonds is 2. The van der Waals surface area contributed by atoms with Gasteiger partial charge in [0.25, 0.3) is 5.91 Å². The topological polar surface area (TPSA) is 25.2 Å². The van der Waals surface area contributed by atoms with Crippen molar-refractivity contribution in [3.63, 3.8) is 0 Å². The number of benzene rings is 1. The number of hydrogen-bond donors (Lipinski definition) is 0. The first-order chi connectivity index (χ1) is 11.6. The van der Waals surface area contributed by atoms with Gasteiger partial charge in [0.05, 0.1) is 5.56 Å². The fourth-order valence-corrected chi connectivity index (χ4v) is 4.39. The first-order valence-electron chi connectivity index (χ1n) is 8.93. The molecule has 3 nitrogen and oxygen atoms in total. The van der Waals surface area contributed by atoms with Crippen LogP contribution in [0.15, 0.2) is 30.5 Å². The third-order valence-corrected chi connectivity index (χ3v) is 5.73. The van der Waals surface area contributed by atoms with E-state index in [2.05, 4.69) is 15.7 Å². The van der Waals surface area contributed by atoms with Gasteiger partial charge in [0.1, 0.15) is 0 Å². The van der Waals surface area contributed by atoms with Gasteiger partial charge in [-0.05, 0) is 49.6 Å². The van der Waals surface area contributed by atoms with E-state index in [0.717, 1.165) is 53.3 Å². The Morgan fingerprint density at radius 1 is 1.08 bits per heavy atom. The summed E-state index contributed by atoms with van der Waals surface area (Å²) in [6, 6.07) is 8.27. The van der Waals surface area contributed by atoms with Crippen LogP contribution in [0, 0.1) is 6.92 Å². The summed E-state index contributed by atoms with van der Waals surface area (Å²) in [4.78, 5) is 15.3. The molecular weight excluding hydrogens is 320 g/mol. The Kier molecular flexibility index (Phi) is 4.13. The zero-order chi connectivity index (χ0) is 16.7. The highest BCUT2D eigenvalue weighted by Gasteiger charge is 2.33. The van der Waals surface area contributed by atoms with Gasteiger partial charge in [-0.1, -0.05) is 30.9 Å². The average Bonchev–Trinajstić information content (AvgIpc) is 2.94. The molecular formula is C20H23ClN2O. The molecule has 0 spiro atoms. The Hall–Kier alpha value is -1.74. The summed E-state index contributed by atoms with van der Waals surface area (Å²) in [6.45, 7) is 2.89. The zero-order valence-electron chi connectivity index (χ0n) is 14.1. The standard InChI is InChI=1S/C20H23ClN2O/c1-14-13-23(17-9-7-15(21)8-10-17)18-11-12-22(20(24)19(14)18)16-5-3-2-4-6-16/h7-10,13,16H,2-6,11-12H2,1H3. The highest BCUT2D eigenvalue weighted by Crippen LogP contribution is 2.31. The Morgan fingerprint density at radius 2 is 1.79 bits per heavy atom. The molecule has 0 radical (unpaired) electrons. The predicted octanol–water partition coefficient (Wildman–Crippen LogP) is 4.77. The van der Waals surface area contributed by atoms with Crippen LogP contribution in [0.4, 0.5) is 0 Å². The second-order valence-electron chi connectivity index (χ2n) is 7.02. The van der Waals surface area contributed by atoms with Crippen molar-refractivity contribution in [1.29, 1.82) is 0 Å². The van der Waals surface area contributed by atoms with Gasteiger partial charge in [-0.3, -0.25) is 4.79 Å². The molecule has 0 unspecified atom stereocenters. The van der Waals surface area contributed by atoms with Crippen molar-refractivity contribution >= 4 is 17.5 Å². The lowest BCUT2D eigenvalue weighted by Gasteiger charge is -2.37. The van der Waals surface area contributed by atoms with Crippen LogP contribution in [0.5, 0.6) is 0 Å². The summed E-state index contributed by atoms with van der Waals surface area (Å²) < 4.78 is 2.16. The second-order valence-corrected chi connectivity index (χ2v) is 7.46. The van der Waals surface area contributed by atoms with Gasteiger partial charge in [-0.25, -0.2) is 0 Å². The normalized spacial score (nSPS) is 18.8. The number of amides is 1. The Labute approximate surface area is 148 Å².